The predicted molar refractivity (Wildman–Crippen MR) is 129 cm³/mol. The van der Waals surface area contributed by atoms with Crippen LogP contribution in [0.4, 0.5) is 5.82 Å². The number of hydrogen-bond acceptors (Lipinski definition) is 5. The molecule has 162 valence electrons. The third-order valence-corrected chi connectivity index (χ3v) is 6.02. The van der Waals surface area contributed by atoms with Gasteiger partial charge in [-0.1, -0.05) is 65.8 Å². The van der Waals surface area contributed by atoms with Gasteiger partial charge in [0.15, 0.2) is 5.16 Å². The third kappa shape index (κ3) is 6.45. The fourth-order valence-electron chi connectivity index (χ4n) is 3.22. The quantitative estimate of drug-likeness (QED) is 0.241. The highest BCUT2D eigenvalue weighted by molar-refractivity contribution is 7.98. The average molecular weight is 455 g/mol. The van der Waals surface area contributed by atoms with E-state index in [0.717, 1.165) is 17.9 Å². The Bertz CT molecular complexity index is 1010. The molecular formula is C24H27ClN4OS. The standard InChI is InChI=1S/C24H27ClN4OS/c1-4-29(5-2)23(30)20-13-9-12-19(14-20)17-31-24-26-21(25)15-22(27-24)28(3)16-18-10-7-6-8-11-18/h6-15H,4-5,16-17H2,1-3H3. The van der Waals surface area contributed by atoms with Gasteiger partial charge >= 0.3 is 0 Å². The molecule has 0 saturated heterocycles. The summed E-state index contributed by atoms with van der Waals surface area (Å²) in [5.41, 5.74) is 2.95. The van der Waals surface area contributed by atoms with Crippen LogP contribution in [-0.2, 0) is 12.3 Å². The molecule has 1 aromatic heterocycles. The van der Waals surface area contributed by atoms with Gasteiger partial charge < -0.3 is 9.80 Å². The number of carbonyl (C=O) groups excluding carboxylic acids is 1. The highest BCUT2D eigenvalue weighted by atomic mass is 35.5. The van der Waals surface area contributed by atoms with Crippen LogP contribution in [0.15, 0.2) is 65.8 Å². The zero-order chi connectivity index (χ0) is 22.2. The minimum Gasteiger partial charge on any atom is -0.355 e. The Morgan fingerprint density at radius 3 is 2.39 bits per heavy atom. The van der Waals surface area contributed by atoms with Crippen LogP contribution < -0.4 is 4.90 Å². The number of thioether (sulfide) groups is 1. The van der Waals surface area contributed by atoms with E-state index in [9.17, 15) is 4.79 Å². The second-order valence-electron chi connectivity index (χ2n) is 7.14. The smallest absolute Gasteiger partial charge is 0.253 e. The van der Waals surface area contributed by atoms with Crippen LogP contribution >= 0.6 is 23.4 Å². The van der Waals surface area contributed by atoms with Gasteiger partial charge in [0.05, 0.1) is 0 Å². The van der Waals surface area contributed by atoms with Crippen LogP contribution in [-0.4, -0.2) is 40.9 Å². The Hall–Kier alpha value is -2.57. The summed E-state index contributed by atoms with van der Waals surface area (Å²) in [4.78, 5) is 25.5. The minimum atomic E-state index is 0.0562. The lowest BCUT2D eigenvalue weighted by Gasteiger charge is -2.19. The van der Waals surface area contributed by atoms with Crippen molar-refractivity contribution in [2.75, 3.05) is 25.0 Å². The molecule has 0 aliphatic heterocycles. The van der Waals surface area contributed by atoms with Crippen LogP contribution in [0.2, 0.25) is 5.15 Å². The fourth-order valence-corrected chi connectivity index (χ4v) is 4.24. The second kappa shape index (κ2) is 11.2. The molecule has 0 N–H and O–H groups in total. The summed E-state index contributed by atoms with van der Waals surface area (Å²) >= 11 is 7.78. The number of aromatic nitrogens is 2. The summed E-state index contributed by atoms with van der Waals surface area (Å²) in [6.07, 6.45) is 0. The maximum atomic E-state index is 12.6. The molecule has 0 bridgehead atoms. The highest BCUT2D eigenvalue weighted by Crippen LogP contribution is 2.25. The van der Waals surface area contributed by atoms with Gasteiger partial charge in [0.25, 0.3) is 5.91 Å². The zero-order valence-electron chi connectivity index (χ0n) is 18.1. The van der Waals surface area contributed by atoms with Crippen molar-refractivity contribution in [2.24, 2.45) is 0 Å². The number of nitrogens with zero attached hydrogens (tertiary/aromatic N) is 4. The maximum absolute atomic E-state index is 12.6. The monoisotopic (exact) mass is 454 g/mol. The normalized spacial score (nSPS) is 10.7. The summed E-state index contributed by atoms with van der Waals surface area (Å²) in [5.74, 6) is 1.49. The fraction of sp³-hybridized carbons (Fsp3) is 0.292. The molecule has 5 nitrogen and oxygen atoms in total. The van der Waals surface area contributed by atoms with E-state index in [4.69, 9.17) is 11.6 Å². The lowest BCUT2D eigenvalue weighted by Crippen LogP contribution is -2.30. The molecule has 0 fully saturated rings. The molecule has 0 aliphatic carbocycles. The lowest BCUT2D eigenvalue weighted by atomic mass is 10.1. The minimum absolute atomic E-state index is 0.0562. The Balaban J connectivity index is 1.69. The van der Waals surface area contributed by atoms with Crippen molar-refractivity contribution in [3.63, 3.8) is 0 Å². The summed E-state index contributed by atoms with van der Waals surface area (Å²) in [6, 6.07) is 19.7. The Morgan fingerprint density at radius 2 is 1.68 bits per heavy atom. The van der Waals surface area contributed by atoms with Gasteiger partial charge in [-0.25, -0.2) is 9.97 Å². The van der Waals surface area contributed by atoms with Gasteiger partial charge in [-0.3, -0.25) is 4.79 Å². The van der Waals surface area contributed by atoms with Crippen LogP contribution in [0, 0.1) is 0 Å². The number of amides is 1. The zero-order valence-corrected chi connectivity index (χ0v) is 19.7. The van der Waals surface area contributed by atoms with Crippen molar-refractivity contribution in [3.8, 4) is 0 Å². The first-order valence-electron chi connectivity index (χ1n) is 10.3. The number of benzene rings is 2. The molecule has 2 aromatic carbocycles. The van der Waals surface area contributed by atoms with Gasteiger partial charge in [-0.05, 0) is 37.1 Å². The van der Waals surface area contributed by atoms with Gasteiger partial charge in [0.2, 0.25) is 0 Å². The number of rotatable bonds is 9. The third-order valence-electron chi connectivity index (χ3n) is 4.91. The molecule has 0 spiro atoms. The van der Waals surface area contributed by atoms with E-state index in [1.54, 1.807) is 6.07 Å². The Morgan fingerprint density at radius 1 is 0.968 bits per heavy atom. The van der Waals surface area contributed by atoms with E-state index in [-0.39, 0.29) is 5.91 Å². The van der Waals surface area contributed by atoms with Gasteiger partial charge in [0, 0.05) is 44.1 Å². The predicted octanol–water partition coefficient (Wildman–Crippen LogP) is 5.54. The van der Waals surface area contributed by atoms with E-state index in [1.165, 1.54) is 17.3 Å². The van der Waals surface area contributed by atoms with E-state index >= 15 is 0 Å². The first-order chi connectivity index (χ1) is 15.0. The summed E-state index contributed by atoms with van der Waals surface area (Å²) in [7, 11) is 1.99. The van der Waals surface area contributed by atoms with Crippen molar-refractivity contribution < 1.29 is 4.79 Å². The van der Waals surface area contributed by atoms with Crippen LogP contribution in [0.3, 0.4) is 0 Å². The largest absolute Gasteiger partial charge is 0.355 e. The molecule has 0 saturated carbocycles. The number of carbonyl (C=O) groups is 1. The van der Waals surface area contributed by atoms with E-state index in [2.05, 4.69) is 27.0 Å². The van der Waals surface area contributed by atoms with Gasteiger partial charge in [-0.2, -0.15) is 0 Å². The molecule has 0 radical (unpaired) electrons. The summed E-state index contributed by atoms with van der Waals surface area (Å²) in [5, 5.41) is 1.03. The topological polar surface area (TPSA) is 49.3 Å². The SMILES string of the molecule is CCN(CC)C(=O)c1cccc(CSc2nc(Cl)cc(N(C)Cc3ccccc3)n2)c1. The molecule has 3 aromatic rings. The van der Waals surface area contributed by atoms with Gasteiger partial charge in [-0.15, -0.1) is 0 Å². The molecule has 1 amide bonds. The average Bonchev–Trinajstić information content (AvgIpc) is 2.79. The van der Waals surface area contributed by atoms with Crippen molar-refractivity contribution in [2.45, 2.75) is 31.3 Å². The van der Waals surface area contributed by atoms with Crippen molar-refractivity contribution in [1.29, 1.82) is 0 Å². The molecule has 0 atom stereocenters. The van der Waals surface area contributed by atoms with Crippen molar-refractivity contribution in [3.05, 3.63) is 82.5 Å². The number of hydrogen-bond donors (Lipinski definition) is 0. The molecule has 0 aliphatic rings. The number of anilines is 1. The molecule has 31 heavy (non-hydrogen) atoms. The molecule has 3 rings (SSSR count). The van der Waals surface area contributed by atoms with E-state index in [1.807, 2.05) is 68.3 Å². The molecule has 7 heteroatoms. The first-order valence-corrected chi connectivity index (χ1v) is 11.7. The van der Waals surface area contributed by atoms with Crippen molar-refractivity contribution >= 4 is 35.1 Å². The lowest BCUT2D eigenvalue weighted by molar-refractivity contribution is 0.0773. The molecule has 1 heterocycles. The summed E-state index contributed by atoms with van der Waals surface area (Å²) < 4.78 is 0. The molecular weight excluding hydrogens is 428 g/mol. The first kappa shape index (κ1) is 23.1. The van der Waals surface area contributed by atoms with Crippen LogP contribution in [0.1, 0.15) is 35.3 Å². The number of halogens is 1. The van der Waals surface area contributed by atoms with Crippen molar-refractivity contribution in [1.82, 2.24) is 14.9 Å². The van der Waals surface area contributed by atoms with Crippen LogP contribution in [0.5, 0.6) is 0 Å². The Kier molecular flexibility index (Phi) is 8.32. The maximum Gasteiger partial charge on any atom is 0.253 e. The van der Waals surface area contributed by atoms with E-state index < -0.39 is 0 Å². The summed E-state index contributed by atoms with van der Waals surface area (Å²) in [6.45, 7) is 6.11. The highest BCUT2D eigenvalue weighted by Gasteiger charge is 2.13. The van der Waals surface area contributed by atoms with Crippen LogP contribution in [0.25, 0.3) is 0 Å². The Labute approximate surface area is 193 Å². The van der Waals surface area contributed by atoms with E-state index in [0.29, 0.717) is 34.7 Å². The molecule has 0 unspecified atom stereocenters. The van der Waals surface area contributed by atoms with Gasteiger partial charge in [0.1, 0.15) is 11.0 Å². The second-order valence-corrected chi connectivity index (χ2v) is 8.47.